The number of nitrogens with one attached hydrogen (secondary N) is 1. The van der Waals surface area contributed by atoms with Crippen LogP contribution in [0, 0.1) is 0 Å². The first-order valence-electron chi connectivity index (χ1n) is 6.77. The van der Waals surface area contributed by atoms with E-state index in [1.165, 1.54) is 20.0 Å². The lowest BCUT2D eigenvalue weighted by molar-refractivity contribution is -0.143. The Labute approximate surface area is 110 Å². The van der Waals surface area contributed by atoms with Crippen molar-refractivity contribution < 1.29 is 14.3 Å². The van der Waals surface area contributed by atoms with Crippen molar-refractivity contribution in [1.82, 2.24) is 10.2 Å². The maximum absolute atomic E-state index is 11.6. The predicted molar refractivity (Wildman–Crippen MR) is 70.6 cm³/mol. The van der Waals surface area contributed by atoms with Crippen LogP contribution in [0.2, 0.25) is 0 Å². The molecule has 0 saturated heterocycles. The molecular formula is C13H26N2O3. The van der Waals surface area contributed by atoms with Gasteiger partial charge in [0.2, 0.25) is 0 Å². The highest BCUT2D eigenvalue weighted by Crippen LogP contribution is 2.26. The first kappa shape index (κ1) is 15.4. The lowest BCUT2D eigenvalue weighted by Gasteiger charge is -2.24. The molecule has 0 aromatic carbocycles. The Morgan fingerprint density at radius 3 is 2.61 bits per heavy atom. The standard InChI is InChI=1S/C13H26N2O3/c1-4-14-12(13(16)18-3)7-8-15(9-10-17-2)11-5-6-11/h11-12,14H,4-10H2,1-3H3. The number of nitrogens with zero attached hydrogens (tertiary/aromatic N) is 1. The molecule has 1 rings (SSSR count). The first-order chi connectivity index (χ1) is 8.72. The number of carbonyl (C=O) groups is 1. The minimum Gasteiger partial charge on any atom is -0.468 e. The molecule has 0 amide bonds. The van der Waals surface area contributed by atoms with Crippen molar-refractivity contribution in [3.8, 4) is 0 Å². The summed E-state index contributed by atoms with van der Waals surface area (Å²) in [5, 5.41) is 3.17. The third-order valence-corrected chi connectivity index (χ3v) is 3.29. The maximum Gasteiger partial charge on any atom is 0.322 e. The van der Waals surface area contributed by atoms with Crippen molar-refractivity contribution in [3.63, 3.8) is 0 Å². The van der Waals surface area contributed by atoms with Crippen molar-refractivity contribution in [3.05, 3.63) is 0 Å². The second-order valence-corrected chi connectivity index (χ2v) is 4.68. The van der Waals surface area contributed by atoms with Gasteiger partial charge in [0, 0.05) is 26.2 Å². The van der Waals surface area contributed by atoms with Crippen molar-refractivity contribution in [2.45, 2.75) is 38.3 Å². The maximum atomic E-state index is 11.6. The molecule has 1 aliphatic rings. The predicted octanol–water partition coefficient (Wildman–Crippen LogP) is 0.638. The van der Waals surface area contributed by atoms with Crippen LogP contribution in [-0.2, 0) is 14.3 Å². The normalized spacial score (nSPS) is 16.9. The van der Waals surface area contributed by atoms with Crippen LogP contribution >= 0.6 is 0 Å². The fourth-order valence-corrected chi connectivity index (χ4v) is 2.11. The molecule has 1 aliphatic carbocycles. The molecule has 1 fully saturated rings. The van der Waals surface area contributed by atoms with Gasteiger partial charge in [-0.1, -0.05) is 6.92 Å². The summed E-state index contributed by atoms with van der Waals surface area (Å²) in [6.45, 7) is 5.39. The van der Waals surface area contributed by atoms with Crippen LogP contribution in [0.5, 0.6) is 0 Å². The van der Waals surface area contributed by atoms with E-state index in [2.05, 4.69) is 10.2 Å². The Bertz CT molecular complexity index is 244. The van der Waals surface area contributed by atoms with E-state index in [4.69, 9.17) is 9.47 Å². The molecule has 1 saturated carbocycles. The molecular weight excluding hydrogens is 232 g/mol. The SMILES string of the molecule is CCNC(CCN(CCOC)C1CC1)C(=O)OC. The largest absolute Gasteiger partial charge is 0.468 e. The fourth-order valence-electron chi connectivity index (χ4n) is 2.11. The zero-order chi connectivity index (χ0) is 13.4. The summed E-state index contributed by atoms with van der Waals surface area (Å²) in [6, 6.07) is 0.504. The third kappa shape index (κ3) is 5.33. The Morgan fingerprint density at radius 2 is 2.11 bits per heavy atom. The zero-order valence-corrected chi connectivity index (χ0v) is 11.8. The van der Waals surface area contributed by atoms with Gasteiger partial charge in [-0.25, -0.2) is 0 Å². The van der Waals surface area contributed by atoms with Crippen LogP contribution in [0.1, 0.15) is 26.2 Å². The number of hydrogen-bond donors (Lipinski definition) is 1. The van der Waals surface area contributed by atoms with E-state index in [1.807, 2.05) is 6.92 Å². The summed E-state index contributed by atoms with van der Waals surface area (Å²) in [4.78, 5) is 14.0. The molecule has 0 bridgehead atoms. The molecule has 0 heterocycles. The lowest BCUT2D eigenvalue weighted by atomic mass is 10.2. The third-order valence-electron chi connectivity index (χ3n) is 3.29. The van der Waals surface area contributed by atoms with E-state index in [0.717, 1.165) is 32.7 Å². The number of likely N-dealkylation sites (N-methyl/N-ethyl adjacent to an activating group) is 1. The smallest absolute Gasteiger partial charge is 0.322 e. The van der Waals surface area contributed by atoms with Crippen molar-refractivity contribution >= 4 is 5.97 Å². The van der Waals surface area contributed by atoms with Gasteiger partial charge in [-0.2, -0.15) is 0 Å². The van der Waals surface area contributed by atoms with Crippen LogP contribution in [0.25, 0.3) is 0 Å². The number of esters is 1. The zero-order valence-electron chi connectivity index (χ0n) is 11.8. The van der Waals surface area contributed by atoms with Crippen LogP contribution < -0.4 is 5.32 Å². The number of methoxy groups -OCH3 is 2. The average Bonchev–Trinajstić information content (AvgIpc) is 3.21. The van der Waals surface area contributed by atoms with Crippen molar-refractivity contribution in [2.75, 3.05) is 40.5 Å². The second-order valence-electron chi connectivity index (χ2n) is 4.68. The highest BCUT2D eigenvalue weighted by molar-refractivity contribution is 5.75. The Morgan fingerprint density at radius 1 is 1.39 bits per heavy atom. The molecule has 1 N–H and O–H groups in total. The molecule has 0 radical (unpaired) electrons. The highest BCUT2D eigenvalue weighted by Gasteiger charge is 2.29. The number of ether oxygens (including phenoxy) is 2. The number of hydrogen-bond acceptors (Lipinski definition) is 5. The molecule has 1 atom stereocenters. The molecule has 0 aromatic rings. The molecule has 1 unspecified atom stereocenters. The van der Waals surface area contributed by atoms with E-state index in [-0.39, 0.29) is 12.0 Å². The van der Waals surface area contributed by atoms with Crippen LogP contribution in [0.4, 0.5) is 0 Å². The lowest BCUT2D eigenvalue weighted by Crippen LogP contribution is -2.41. The summed E-state index contributed by atoms with van der Waals surface area (Å²) in [7, 11) is 3.16. The van der Waals surface area contributed by atoms with Gasteiger partial charge >= 0.3 is 5.97 Å². The summed E-state index contributed by atoms with van der Waals surface area (Å²) >= 11 is 0. The number of carbonyl (C=O) groups excluding carboxylic acids is 1. The average molecular weight is 258 g/mol. The highest BCUT2D eigenvalue weighted by atomic mass is 16.5. The minimum atomic E-state index is -0.191. The van der Waals surface area contributed by atoms with Gasteiger partial charge in [-0.05, 0) is 25.8 Å². The van der Waals surface area contributed by atoms with E-state index in [0.29, 0.717) is 6.04 Å². The summed E-state index contributed by atoms with van der Waals surface area (Å²) in [5.41, 5.74) is 0. The summed E-state index contributed by atoms with van der Waals surface area (Å²) in [6.07, 6.45) is 3.34. The van der Waals surface area contributed by atoms with E-state index < -0.39 is 0 Å². The Balaban J connectivity index is 2.35. The topological polar surface area (TPSA) is 50.8 Å². The fraction of sp³-hybridized carbons (Fsp3) is 0.923. The molecule has 106 valence electrons. The van der Waals surface area contributed by atoms with E-state index >= 15 is 0 Å². The Hall–Kier alpha value is -0.650. The summed E-state index contributed by atoms with van der Waals surface area (Å²) in [5.74, 6) is -0.167. The second kappa shape index (κ2) is 8.45. The number of rotatable bonds is 10. The van der Waals surface area contributed by atoms with Gasteiger partial charge in [0.1, 0.15) is 6.04 Å². The van der Waals surface area contributed by atoms with Gasteiger partial charge in [0.25, 0.3) is 0 Å². The van der Waals surface area contributed by atoms with E-state index in [1.54, 1.807) is 7.11 Å². The minimum absolute atomic E-state index is 0.167. The molecule has 0 aromatic heterocycles. The Kier molecular flexibility index (Phi) is 7.23. The van der Waals surface area contributed by atoms with Crippen LogP contribution in [-0.4, -0.2) is 63.4 Å². The molecule has 0 aliphatic heterocycles. The first-order valence-corrected chi connectivity index (χ1v) is 6.77. The van der Waals surface area contributed by atoms with Gasteiger partial charge in [0.15, 0.2) is 0 Å². The monoisotopic (exact) mass is 258 g/mol. The van der Waals surface area contributed by atoms with E-state index in [9.17, 15) is 4.79 Å². The van der Waals surface area contributed by atoms with Crippen LogP contribution in [0.3, 0.4) is 0 Å². The molecule has 18 heavy (non-hydrogen) atoms. The molecule has 0 spiro atoms. The van der Waals surface area contributed by atoms with Gasteiger partial charge in [-0.15, -0.1) is 0 Å². The van der Waals surface area contributed by atoms with Gasteiger partial charge < -0.3 is 14.8 Å². The van der Waals surface area contributed by atoms with Crippen LogP contribution in [0.15, 0.2) is 0 Å². The van der Waals surface area contributed by atoms with Gasteiger partial charge in [-0.3, -0.25) is 9.69 Å². The molecule has 5 nitrogen and oxygen atoms in total. The quantitative estimate of drug-likeness (QED) is 0.583. The van der Waals surface area contributed by atoms with Gasteiger partial charge in [0.05, 0.1) is 13.7 Å². The summed E-state index contributed by atoms with van der Waals surface area (Å²) < 4.78 is 9.93. The molecule has 5 heteroatoms. The van der Waals surface area contributed by atoms with Crippen molar-refractivity contribution in [1.29, 1.82) is 0 Å². The van der Waals surface area contributed by atoms with Crippen molar-refractivity contribution in [2.24, 2.45) is 0 Å².